The molecule has 0 bridgehead atoms. The fraction of sp³-hybridized carbons (Fsp3) is 0.182. The van der Waals surface area contributed by atoms with Gasteiger partial charge in [0.25, 0.3) is 5.91 Å². The summed E-state index contributed by atoms with van der Waals surface area (Å²) in [6, 6.07) is 4.73. The van der Waals surface area contributed by atoms with Crippen molar-refractivity contribution in [2.45, 2.75) is 6.42 Å². The highest BCUT2D eigenvalue weighted by molar-refractivity contribution is 5.96. The number of amides is 1. The Balaban J connectivity index is 1.91. The van der Waals surface area contributed by atoms with Gasteiger partial charge in [0.1, 0.15) is 0 Å². The van der Waals surface area contributed by atoms with Crippen molar-refractivity contribution in [2.75, 3.05) is 18.0 Å². The quantitative estimate of drug-likeness (QED) is 0.664. The predicted molar refractivity (Wildman–Crippen MR) is 65.6 cm³/mol. The molecule has 1 aromatic carbocycles. The van der Waals surface area contributed by atoms with Crippen LogP contribution in [0.2, 0.25) is 0 Å². The van der Waals surface area contributed by atoms with Crippen LogP contribution in [0, 0.1) is 0 Å². The molecule has 0 aliphatic rings. The Morgan fingerprint density at radius 1 is 1.28 bits per heavy atom. The lowest BCUT2D eigenvalue weighted by molar-refractivity contribution is 0.0953. The summed E-state index contributed by atoms with van der Waals surface area (Å²) in [6.45, 7) is 0.399. The minimum absolute atomic E-state index is 0.242. The van der Waals surface area contributed by atoms with Crippen molar-refractivity contribution in [1.82, 2.24) is 15.5 Å². The smallest absolute Gasteiger partial charge is 0.251 e. The summed E-state index contributed by atoms with van der Waals surface area (Å²) in [7, 11) is 0. The molecule has 0 aliphatic carbocycles. The summed E-state index contributed by atoms with van der Waals surface area (Å²) in [5, 5.41) is 6.18. The van der Waals surface area contributed by atoms with E-state index in [4.69, 9.17) is 16.0 Å². The summed E-state index contributed by atoms with van der Waals surface area (Å²) in [5.41, 5.74) is 12.6. The highest BCUT2D eigenvalue weighted by atomic mass is 16.5. The number of nitrogens with two attached hydrogens (primary N) is 2. The van der Waals surface area contributed by atoms with E-state index in [1.54, 1.807) is 18.2 Å². The number of carbonyl (C=O) groups excluding carboxylic acids is 1. The van der Waals surface area contributed by atoms with Gasteiger partial charge in [-0.15, -0.1) is 0 Å². The first-order valence-corrected chi connectivity index (χ1v) is 5.35. The van der Waals surface area contributed by atoms with Crippen LogP contribution in [0.1, 0.15) is 16.2 Å². The third kappa shape index (κ3) is 2.97. The van der Waals surface area contributed by atoms with Gasteiger partial charge in [-0.05, 0) is 18.2 Å². The second-order valence-electron chi connectivity index (χ2n) is 3.73. The van der Waals surface area contributed by atoms with Gasteiger partial charge in [-0.3, -0.25) is 4.79 Å². The van der Waals surface area contributed by atoms with Gasteiger partial charge >= 0.3 is 0 Å². The third-order valence-electron chi connectivity index (χ3n) is 2.27. The largest absolute Gasteiger partial charge is 0.399 e. The number of nitrogens with one attached hydrogen (secondary N) is 1. The molecule has 0 aliphatic heterocycles. The van der Waals surface area contributed by atoms with E-state index >= 15 is 0 Å². The zero-order chi connectivity index (χ0) is 13.0. The Morgan fingerprint density at radius 2 is 2.00 bits per heavy atom. The van der Waals surface area contributed by atoms with Gasteiger partial charge in [0.05, 0.1) is 0 Å². The first kappa shape index (κ1) is 11.9. The highest BCUT2D eigenvalue weighted by Crippen LogP contribution is 2.13. The molecule has 0 atom stereocenters. The van der Waals surface area contributed by atoms with E-state index in [9.17, 15) is 4.79 Å². The molecule has 0 fully saturated rings. The van der Waals surface area contributed by atoms with Gasteiger partial charge in [0.2, 0.25) is 5.89 Å². The van der Waals surface area contributed by atoms with Crippen LogP contribution in [-0.4, -0.2) is 22.6 Å². The molecule has 18 heavy (non-hydrogen) atoms. The lowest BCUT2D eigenvalue weighted by atomic mass is 10.1. The van der Waals surface area contributed by atoms with Crippen molar-refractivity contribution in [2.24, 2.45) is 0 Å². The van der Waals surface area contributed by atoms with Crippen molar-refractivity contribution >= 4 is 17.3 Å². The number of nitrogens with zero attached hydrogens (tertiary/aromatic N) is 2. The van der Waals surface area contributed by atoms with Crippen molar-refractivity contribution in [3.05, 3.63) is 36.0 Å². The van der Waals surface area contributed by atoms with Crippen LogP contribution in [0.4, 0.5) is 11.4 Å². The number of nitrogen functional groups attached to an aromatic ring is 2. The van der Waals surface area contributed by atoms with E-state index < -0.39 is 0 Å². The minimum atomic E-state index is -0.242. The molecule has 1 aromatic heterocycles. The van der Waals surface area contributed by atoms with Crippen LogP contribution < -0.4 is 16.8 Å². The molecule has 2 aromatic rings. The third-order valence-corrected chi connectivity index (χ3v) is 2.27. The molecule has 1 amide bonds. The molecule has 0 saturated carbocycles. The molecule has 0 unspecified atom stereocenters. The van der Waals surface area contributed by atoms with Gasteiger partial charge in [0.15, 0.2) is 6.33 Å². The van der Waals surface area contributed by atoms with E-state index in [-0.39, 0.29) is 5.91 Å². The van der Waals surface area contributed by atoms with Crippen LogP contribution in [0.3, 0.4) is 0 Å². The lowest BCUT2D eigenvalue weighted by Gasteiger charge is -2.05. The molecule has 0 saturated heterocycles. The molecule has 1 heterocycles. The van der Waals surface area contributed by atoms with Gasteiger partial charge in [-0.25, -0.2) is 0 Å². The number of hydrogen-bond acceptors (Lipinski definition) is 6. The van der Waals surface area contributed by atoms with E-state index in [2.05, 4.69) is 15.5 Å². The van der Waals surface area contributed by atoms with Crippen LogP contribution in [0.5, 0.6) is 0 Å². The minimum Gasteiger partial charge on any atom is -0.399 e. The number of hydrogen-bond donors (Lipinski definition) is 3. The monoisotopic (exact) mass is 247 g/mol. The van der Waals surface area contributed by atoms with Gasteiger partial charge in [0, 0.05) is 29.9 Å². The Hall–Kier alpha value is -2.57. The second kappa shape index (κ2) is 5.17. The van der Waals surface area contributed by atoms with Crippen LogP contribution in [-0.2, 0) is 6.42 Å². The maximum atomic E-state index is 11.8. The Kier molecular flexibility index (Phi) is 3.42. The van der Waals surface area contributed by atoms with Crippen LogP contribution >= 0.6 is 0 Å². The second-order valence-corrected chi connectivity index (χ2v) is 3.73. The van der Waals surface area contributed by atoms with Crippen molar-refractivity contribution < 1.29 is 9.32 Å². The van der Waals surface area contributed by atoms with Crippen LogP contribution in [0.15, 0.2) is 29.0 Å². The summed E-state index contributed by atoms with van der Waals surface area (Å²) in [6.07, 6.45) is 1.79. The number of aromatic nitrogens is 2. The average molecular weight is 247 g/mol. The van der Waals surface area contributed by atoms with E-state index in [1.807, 2.05) is 0 Å². The van der Waals surface area contributed by atoms with E-state index in [0.29, 0.717) is 35.8 Å². The zero-order valence-corrected chi connectivity index (χ0v) is 9.59. The van der Waals surface area contributed by atoms with Crippen molar-refractivity contribution in [3.63, 3.8) is 0 Å². The van der Waals surface area contributed by atoms with E-state index in [1.165, 1.54) is 6.33 Å². The van der Waals surface area contributed by atoms with Crippen LogP contribution in [0.25, 0.3) is 0 Å². The summed E-state index contributed by atoms with van der Waals surface area (Å²) >= 11 is 0. The fourth-order valence-corrected chi connectivity index (χ4v) is 1.50. The summed E-state index contributed by atoms with van der Waals surface area (Å²) in [5.74, 6) is 0.232. The fourth-order valence-electron chi connectivity index (χ4n) is 1.50. The van der Waals surface area contributed by atoms with Crippen molar-refractivity contribution in [3.8, 4) is 0 Å². The Morgan fingerprint density at radius 3 is 2.61 bits per heavy atom. The molecule has 94 valence electrons. The molecule has 2 rings (SSSR count). The highest BCUT2D eigenvalue weighted by Gasteiger charge is 2.07. The number of benzene rings is 1. The Labute approximate surface area is 103 Å². The van der Waals surface area contributed by atoms with Gasteiger partial charge in [-0.1, -0.05) is 5.16 Å². The maximum absolute atomic E-state index is 11.8. The number of rotatable bonds is 4. The summed E-state index contributed by atoms with van der Waals surface area (Å²) in [4.78, 5) is 15.6. The SMILES string of the molecule is Nc1cc(N)cc(C(=O)NCCc2ncno2)c1. The summed E-state index contributed by atoms with van der Waals surface area (Å²) < 4.78 is 4.81. The molecular weight excluding hydrogens is 234 g/mol. The molecule has 7 nitrogen and oxygen atoms in total. The van der Waals surface area contributed by atoms with Gasteiger partial charge < -0.3 is 21.3 Å². The zero-order valence-electron chi connectivity index (χ0n) is 9.59. The molecule has 5 N–H and O–H groups in total. The normalized spacial score (nSPS) is 10.2. The molecule has 0 radical (unpaired) electrons. The predicted octanol–water partition coefficient (Wildman–Crippen LogP) is 0.206. The average Bonchev–Trinajstić information content (AvgIpc) is 2.80. The maximum Gasteiger partial charge on any atom is 0.251 e. The topological polar surface area (TPSA) is 120 Å². The van der Waals surface area contributed by atoms with E-state index in [0.717, 1.165) is 0 Å². The standard InChI is InChI=1S/C11H13N5O2/c12-8-3-7(4-9(13)5-8)11(17)14-2-1-10-15-6-16-18-10/h3-6H,1-2,12-13H2,(H,14,17). The van der Waals surface area contributed by atoms with Gasteiger partial charge in [-0.2, -0.15) is 4.98 Å². The molecule has 0 spiro atoms. The molecule has 7 heteroatoms. The lowest BCUT2D eigenvalue weighted by Crippen LogP contribution is -2.26. The number of carbonyl (C=O) groups is 1. The first-order chi connectivity index (χ1) is 8.65. The number of anilines is 2. The molecular formula is C11H13N5O2. The van der Waals surface area contributed by atoms with Crippen molar-refractivity contribution in [1.29, 1.82) is 0 Å². The Bertz CT molecular complexity index is 518. The first-order valence-electron chi connectivity index (χ1n) is 5.35.